The summed E-state index contributed by atoms with van der Waals surface area (Å²) in [5.41, 5.74) is 0.880. The average Bonchev–Trinajstić information content (AvgIpc) is 3.25. The second-order valence-electron chi connectivity index (χ2n) is 5.61. The number of nitrogens with zero attached hydrogens (tertiary/aromatic N) is 1. The number of ether oxygens (including phenoxy) is 1. The molecule has 1 aromatic carbocycles. The second-order valence-corrected chi connectivity index (χ2v) is 6.64. The van der Waals surface area contributed by atoms with Gasteiger partial charge in [-0.1, -0.05) is 6.07 Å². The quantitative estimate of drug-likeness (QED) is 0.840. The van der Waals surface area contributed by atoms with Crippen molar-refractivity contribution in [3.63, 3.8) is 0 Å². The van der Waals surface area contributed by atoms with E-state index in [1.807, 2.05) is 23.6 Å². The molecule has 126 valence electrons. The maximum atomic E-state index is 11.8. The number of carbonyl (C=O) groups is 2. The van der Waals surface area contributed by atoms with Crippen LogP contribution in [0.2, 0.25) is 0 Å². The van der Waals surface area contributed by atoms with Gasteiger partial charge >= 0.3 is 0 Å². The van der Waals surface area contributed by atoms with E-state index in [4.69, 9.17) is 4.74 Å². The van der Waals surface area contributed by atoms with Crippen molar-refractivity contribution in [1.82, 2.24) is 5.32 Å². The molecule has 1 saturated heterocycles. The number of hydrogen-bond acceptors (Lipinski definition) is 4. The van der Waals surface area contributed by atoms with Gasteiger partial charge in [0, 0.05) is 30.1 Å². The van der Waals surface area contributed by atoms with E-state index in [1.54, 1.807) is 28.4 Å². The van der Waals surface area contributed by atoms with Crippen LogP contribution in [0.25, 0.3) is 0 Å². The minimum atomic E-state index is -0.134. The molecule has 24 heavy (non-hydrogen) atoms. The lowest BCUT2D eigenvalue weighted by molar-refractivity contribution is -0.123. The Morgan fingerprint density at radius 3 is 2.75 bits per heavy atom. The average molecular weight is 344 g/mol. The third-order valence-electron chi connectivity index (χ3n) is 3.87. The maximum absolute atomic E-state index is 11.8. The van der Waals surface area contributed by atoms with Crippen LogP contribution in [0.3, 0.4) is 0 Å². The summed E-state index contributed by atoms with van der Waals surface area (Å²) < 4.78 is 5.49. The standard InChI is InChI=1S/C18H20N2O3S/c21-17(19-10-9-16-3-2-12-24-16)13-23-15-7-5-14(6-8-15)20-11-1-4-18(20)22/h2-3,5-8,12H,1,4,9-11,13H2,(H,19,21). The van der Waals surface area contributed by atoms with Gasteiger partial charge in [-0.15, -0.1) is 11.3 Å². The summed E-state index contributed by atoms with van der Waals surface area (Å²) in [6.45, 7) is 1.37. The van der Waals surface area contributed by atoms with Gasteiger partial charge in [0.15, 0.2) is 6.61 Å². The number of benzene rings is 1. The number of anilines is 1. The van der Waals surface area contributed by atoms with E-state index in [1.165, 1.54) is 4.88 Å². The lowest BCUT2D eigenvalue weighted by Crippen LogP contribution is -2.30. The fourth-order valence-corrected chi connectivity index (χ4v) is 3.33. The van der Waals surface area contributed by atoms with Crippen LogP contribution in [0.5, 0.6) is 5.75 Å². The molecule has 5 nitrogen and oxygen atoms in total. The summed E-state index contributed by atoms with van der Waals surface area (Å²) in [5, 5.41) is 4.87. The van der Waals surface area contributed by atoms with Crippen molar-refractivity contribution in [3.05, 3.63) is 46.7 Å². The number of rotatable bonds is 7. The minimum Gasteiger partial charge on any atom is -0.484 e. The molecule has 0 aliphatic carbocycles. The number of nitrogens with one attached hydrogen (secondary N) is 1. The van der Waals surface area contributed by atoms with Gasteiger partial charge in [-0.3, -0.25) is 9.59 Å². The smallest absolute Gasteiger partial charge is 0.257 e. The summed E-state index contributed by atoms with van der Waals surface area (Å²) in [7, 11) is 0. The van der Waals surface area contributed by atoms with E-state index in [-0.39, 0.29) is 18.4 Å². The molecule has 6 heteroatoms. The Balaban J connectivity index is 1.41. The molecular weight excluding hydrogens is 324 g/mol. The minimum absolute atomic E-state index is 0.00751. The van der Waals surface area contributed by atoms with E-state index >= 15 is 0 Å². The van der Waals surface area contributed by atoms with Gasteiger partial charge < -0.3 is 15.0 Å². The van der Waals surface area contributed by atoms with Gasteiger partial charge in [-0.2, -0.15) is 0 Å². The Morgan fingerprint density at radius 2 is 2.08 bits per heavy atom. The summed E-state index contributed by atoms with van der Waals surface area (Å²) in [5.74, 6) is 0.651. The van der Waals surface area contributed by atoms with Crippen LogP contribution in [-0.2, 0) is 16.0 Å². The van der Waals surface area contributed by atoms with Crippen molar-refractivity contribution >= 4 is 28.8 Å². The zero-order chi connectivity index (χ0) is 16.8. The van der Waals surface area contributed by atoms with Crippen LogP contribution >= 0.6 is 11.3 Å². The van der Waals surface area contributed by atoms with Crippen LogP contribution in [0.15, 0.2) is 41.8 Å². The molecular formula is C18H20N2O3S. The second kappa shape index (κ2) is 7.97. The topological polar surface area (TPSA) is 58.6 Å². The normalized spacial score (nSPS) is 14.0. The van der Waals surface area contributed by atoms with Crippen molar-refractivity contribution in [3.8, 4) is 5.75 Å². The summed E-state index contributed by atoms with van der Waals surface area (Å²) in [6, 6.07) is 11.4. The molecule has 1 aliphatic heterocycles. The molecule has 1 aromatic heterocycles. The van der Waals surface area contributed by atoms with Crippen molar-refractivity contribution in [2.75, 3.05) is 24.6 Å². The molecule has 0 radical (unpaired) electrons. The summed E-state index contributed by atoms with van der Waals surface area (Å²) in [4.78, 5) is 26.5. The van der Waals surface area contributed by atoms with Crippen molar-refractivity contribution in [2.24, 2.45) is 0 Å². The zero-order valence-corrected chi connectivity index (χ0v) is 14.2. The van der Waals surface area contributed by atoms with Gasteiger partial charge in [0.2, 0.25) is 5.91 Å². The molecule has 2 amide bonds. The molecule has 0 spiro atoms. The fourth-order valence-electron chi connectivity index (χ4n) is 2.62. The van der Waals surface area contributed by atoms with E-state index in [0.29, 0.717) is 18.7 Å². The highest BCUT2D eigenvalue weighted by Gasteiger charge is 2.21. The summed E-state index contributed by atoms with van der Waals surface area (Å²) in [6.07, 6.45) is 2.36. The third-order valence-corrected chi connectivity index (χ3v) is 4.80. The predicted molar refractivity (Wildman–Crippen MR) is 94.6 cm³/mol. The molecule has 2 heterocycles. The Labute approximate surface area is 145 Å². The lowest BCUT2D eigenvalue weighted by atomic mass is 10.3. The molecule has 1 aliphatic rings. The van der Waals surface area contributed by atoms with Crippen LogP contribution in [-0.4, -0.2) is 31.5 Å². The molecule has 0 bridgehead atoms. The van der Waals surface area contributed by atoms with Crippen molar-refractivity contribution in [1.29, 1.82) is 0 Å². The van der Waals surface area contributed by atoms with Crippen LogP contribution in [0.4, 0.5) is 5.69 Å². The SMILES string of the molecule is O=C(COc1ccc(N2CCCC2=O)cc1)NCCc1cccs1. The molecule has 0 atom stereocenters. The van der Waals surface area contributed by atoms with Gasteiger partial charge in [0.1, 0.15) is 5.75 Å². The van der Waals surface area contributed by atoms with Crippen LogP contribution in [0, 0.1) is 0 Å². The number of carbonyl (C=O) groups excluding carboxylic acids is 2. The largest absolute Gasteiger partial charge is 0.484 e. The molecule has 1 fully saturated rings. The maximum Gasteiger partial charge on any atom is 0.257 e. The first-order chi connectivity index (χ1) is 11.7. The number of thiophene rings is 1. The zero-order valence-electron chi connectivity index (χ0n) is 13.4. The van der Waals surface area contributed by atoms with E-state index < -0.39 is 0 Å². The van der Waals surface area contributed by atoms with E-state index in [2.05, 4.69) is 11.4 Å². The number of amides is 2. The molecule has 0 saturated carbocycles. The highest BCUT2D eigenvalue weighted by atomic mass is 32.1. The fraction of sp³-hybridized carbons (Fsp3) is 0.333. The lowest BCUT2D eigenvalue weighted by Gasteiger charge is -2.16. The Hall–Kier alpha value is -2.34. The first-order valence-corrected chi connectivity index (χ1v) is 8.92. The summed E-state index contributed by atoms with van der Waals surface area (Å²) >= 11 is 1.69. The van der Waals surface area contributed by atoms with Crippen LogP contribution < -0.4 is 15.0 Å². The molecule has 1 N–H and O–H groups in total. The first kappa shape index (κ1) is 16.5. The number of hydrogen-bond donors (Lipinski definition) is 1. The highest BCUT2D eigenvalue weighted by Crippen LogP contribution is 2.23. The Morgan fingerprint density at radius 1 is 1.25 bits per heavy atom. The van der Waals surface area contributed by atoms with Gasteiger partial charge in [0.05, 0.1) is 0 Å². The van der Waals surface area contributed by atoms with E-state index in [9.17, 15) is 9.59 Å². The first-order valence-electron chi connectivity index (χ1n) is 8.05. The molecule has 0 unspecified atom stereocenters. The van der Waals surface area contributed by atoms with Gasteiger partial charge in [-0.05, 0) is 48.6 Å². The van der Waals surface area contributed by atoms with Crippen molar-refractivity contribution in [2.45, 2.75) is 19.3 Å². The van der Waals surface area contributed by atoms with Crippen molar-refractivity contribution < 1.29 is 14.3 Å². The monoisotopic (exact) mass is 344 g/mol. The highest BCUT2D eigenvalue weighted by molar-refractivity contribution is 7.09. The molecule has 2 aromatic rings. The van der Waals surface area contributed by atoms with Gasteiger partial charge in [-0.25, -0.2) is 0 Å². The third kappa shape index (κ3) is 4.35. The molecule has 3 rings (SSSR count). The van der Waals surface area contributed by atoms with E-state index in [0.717, 1.165) is 25.1 Å². The predicted octanol–water partition coefficient (Wildman–Crippen LogP) is 2.61. The van der Waals surface area contributed by atoms with Gasteiger partial charge in [0.25, 0.3) is 5.91 Å². The Bertz CT molecular complexity index is 683. The van der Waals surface area contributed by atoms with Crippen LogP contribution in [0.1, 0.15) is 17.7 Å². The Kier molecular flexibility index (Phi) is 5.48.